The van der Waals surface area contributed by atoms with Crippen molar-refractivity contribution in [3.8, 4) is 0 Å². The maximum atomic E-state index is 5.07. The number of benzene rings is 1. The number of aliphatic imine (C=N–C) groups is 1. The first-order chi connectivity index (χ1) is 12.7. The maximum Gasteiger partial charge on any atom is 0.105 e. The van der Waals surface area contributed by atoms with Gasteiger partial charge in [0.25, 0.3) is 0 Å². The van der Waals surface area contributed by atoms with Crippen LogP contribution in [0, 0.1) is 12.8 Å². The third-order valence-electron chi connectivity index (χ3n) is 5.56. The van der Waals surface area contributed by atoms with E-state index in [1.165, 1.54) is 27.9 Å². The first kappa shape index (κ1) is 16.8. The van der Waals surface area contributed by atoms with Gasteiger partial charge in [0.05, 0.1) is 0 Å². The fourth-order valence-electron chi connectivity index (χ4n) is 4.17. The molecule has 0 radical (unpaired) electrons. The van der Waals surface area contributed by atoms with Crippen molar-refractivity contribution < 1.29 is 0 Å². The van der Waals surface area contributed by atoms with Crippen molar-refractivity contribution in [2.24, 2.45) is 18.0 Å². The van der Waals surface area contributed by atoms with E-state index in [1.807, 2.05) is 12.3 Å². The second-order valence-corrected chi connectivity index (χ2v) is 7.10. The summed E-state index contributed by atoms with van der Waals surface area (Å²) in [6, 6.07) is 8.70. The zero-order valence-corrected chi connectivity index (χ0v) is 15.7. The Labute approximate surface area is 154 Å². The number of para-hydroxylation sites is 1. The lowest BCUT2D eigenvalue weighted by Gasteiger charge is -2.26. The Morgan fingerprint density at radius 2 is 2.19 bits per heavy atom. The summed E-state index contributed by atoms with van der Waals surface area (Å²) in [6.45, 7) is 7.67. The first-order valence-corrected chi connectivity index (χ1v) is 9.40. The number of rotatable bonds is 5. The van der Waals surface area contributed by atoms with E-state index in [0.717, 1.165) is 38.2 Å². The molecule has 1 aliphatic carbocycles. The molecule has 134 valence electrons. The molecule has 1 unspecified atom stereocenters. The molecule has 26 heavy (non-hydrogen) atoms. The molecule has 0 saturated heterocycles. The molecule has 2 aromatic heterocycles. The second kappa shape index (κ2) is 6.94. The molecule has 0 saturated carbocycles. The zero-order valence-electron chi connectivity index (χ0n) is 15.7. The van der Waals surface area contributed by atoms with Gasteiger partial charge in [-0.1, -0.05) is 24.3 Å². The molecule has 4 rings (SSSR count). The zero-order chi connectivity index (χ0) is 18.1. The number of nitrogens with zero attached hydrogens (tertiary/aromatic N) is 4. The van der Waals surface area contributed by atoms with Crippen molar-refractivity contribution in [2.45, 2.75) is 32.7 Å². The number of aromatic nitrogens is 3. The highest BCUT2D eigenvalue weighted by Gasteiger charge is 2.30. The first-order valence-electron chi connectivity index (χ1n) is 9.40. The van der Waals surface area contributed by atoms with Crippen molar-refractivity contribution in [1.29, 1.82) is 0 Å². The van der Waals surface area contributed by atoms with Gasteiger partial charge >= 0.3 is 0 Å². The summed E-state index contributed by atoms with van der Waals surface area (Å²) in [5.41, 5.74) is 5.34. The topological polar surface area (TPSA) is 35.1 Å². The number of aryl methyl sites for hydroxylation is 2. The number of fused-ring (bicyclic) bond motifs is 3. The van der Waals surface area contributed by atoms with Crippen LogP contribution in [0.2, 0.25) is 0 Å². The highest BCUT2D eigenvalue weighted by Crippen LogP contribution is 2.35. The van der Waals surface area contributed by atoms with Crippen molar-refractivity contribution in [3.63, 3.8) is 0 Å². The molecule has 4 nitrogen and oxygen atoms in total. The van der Waals surface area contributed by atoms with Crippen LogP contribution in [0.5, 0.6) is 0 Å². The van der Waals surface area contributed by atoms with Crippen molar-refractivity contribution in [1.82, 2.24) is 14.1 Å². The average Bonchev–Trinajstić information content (AvgIpc) is 3.19. The standard InChI is InChI=1S/C22H26N4/c1-4-5-12-24-22-17(15-26-14-13-23-16(26)2)10-11-20-21(22)18-8-6-7-9-19(18)25(20)3/h4,6-9,13-14,17H,1,5,10-12,15H2,2-3H3. The van der Waals surface area contributed by atoms with Gasteiger partial charge in [-0.25, -0.2) is 4.98 Å². The van der Waals surface area contributed by atoms with Crippen molar-refractivity contribution in [2.75, 3.05) is 6.54 Å². The average molecular weight is 346 g/mol. The molecule has 0 spiro atoms. The third kappa shape index (κ3) is 2.79. The van der Waals surface area contributed by atoms with Crippen LogP contribution in [0.25, 0.3) is 10.9 Å². The van der Waals surface area contributed by atoms with Crippen LogP contribution in [0.1, 0.15) is 29.9 Å². The molecule has 0 N–H and O–H groups in total. The van der Waals surface area contributed by atoms with E-state index < -0.39 is 0 Å². The summed E-state index contributed by atoms with van der Waals surface area (Å²) >= 11 is 0. The molecule has 4 heteroatoms. The van der Waals surface area contributed by atoms with Gasteiger partial charge in [0.1, 0.15) is 5.82 Å². The molecule has 0 amide bonds. The Morgan fingerprint density at radius 3 is 2.96 bits per heavy atom. The Morgan fingerprint density at radius 1 is 1.35 bits per heavy atom. The van der Waals surface area contributed by atoms with Crippen LogP contribution in [0.3, 0.4) is 0 Å². The Bertz CT molecular complexity index is 973. The minimum atomic E-state index is 0.422. The number of hydrogen-bond acceptors (Lipinski definition) is 2. The predicted molar refractivity (Wildman–Crippen MR) is 108 cm³/mol. The Hall–Kier alpha value is -2.62. The summed E-state index contributed by atoms with van der Waals surface area (Å²) in [7, 11) is 2.18. The van der Waals surface area contributed by atoms with Crippen LogP contribution in [-0.2, 0) is 20.0 Å². The van der Waals surface area contributed by atoms with E-state index in [4.69, 9.17) is 4.99 Å². The molecule has 2 heterocycles. The van der Waals surface area contributed by atoms with Crippen molar-refractivity contribution >= 4 is 16.6 Å². The lowest BCUT2D eigenvalue weighted by Crippen LogP contribution is -2.28. The van der Waals surface area contributed by atoms with Crippen LogP contribution in [0.15, 0.2) is 54.3 Å². The van der Waals surface area contributed by atoms with E-state index in [0.29, 0.717) is 5.92 Å². The van der Waals surface area contributed by atoms with Gasteiger partial charge in [-0.2, -0.15) is 0 Å². The molecular formula is C22H26N4. The molecule has 3 aromatic rings. The predicted octanol–water partition coefficient (Wildman–Crippen LogP) is 4.31. The largest absolute Gasteiger partial charge is 0.347 e. The lowest BCUT2D eigenvalue weighted by atomic mass is 9.84. The SMILES string of the molecule is C=CCCN=C1c2c(n(C)c3ccccc23)CCC1Cn1ccnc1C. The monoisotopic (exact) mass is 346 g/mol. The van der Waals surface area contributed by atoms with E-state index in [2.05, 4.69) is 65.1 Å². The molecule has 1 atom stereocenters. The Balaban J connectivity index is 1.81. The van der Waals surface area contributed by atoms with Gasteiger partial charge in [0.2, 0.25) is 0 Å². The van der Waals surface area contributed by atoms with Gasteiger partial charge in [-0.15, -0.1) is 6.58 Å². The maximum absolute atomic E-state index is 5.07. The summed E-state index contributed by atoms with van der Waals surface area (Å²) in [5.74, 6) is 1.49. The van der Waals surface area contributed by atoms with E-state index in [9.17, 15) is 0 Å². The fraction of sp³-hybridized carbons (Fsp3) is 0.364. The molecule has 1 aromatic carbocycles. The lowest BCUT2D eigenvalue weighted by molar-refractivity contribution is 0.498. The minimum Gasteiger partial charge on any atom is -0.347 e. The summed E-state index contributed by atoms with van der Waals surface area (Å²) in [5, 5.41) is 1.33. The van der Waals surface area contributed by atoms with Crippen molar-refractivity contribution in [3.05, 3.63) is 66.4 Å². The van der Waals surface area contributed by atoms with Crippen LogP contribution >= 0.6 is 0 Å². The van der Waals surface area contributed by atoms with Crippen LogP contribution in [0.4, 0.5) is 0 Å². The number of imidazole rings is 1. The third-order valence-corrected chi connectivity index (χ3v) is 5.56. The van der Waals surface area contributed by atoms with Gasteiger partial charge in [0.15, 0.2) is 0 Å². The smallest absolute Gasteiger partial charge is 0.105 e. The highest BCUT2D eigenvalue weighted by atomic mass is 15.1. The van der Waals surface area contributed by atoms with E-state index >= 15 is 0 Å². The normalized spacial score (nSPS) is 18.4. The van der Waals surface area contributed by atoms with Gasteiger partial charge < -0.3 is 9.13 Å². The quantitative estimate of drug-likeness (QED) is 0.501. The fourth-order valence-corrected chi connectivity index (χ4v) is 4.17. The van der Waals surface area contributed by atoms with Gasteiger partial charge in [-0.05, 0) is 32.3 Å². The van der Waals surface area contributed by atoms with Crippen LogP contribution in [-0.4, -0.2) is 26.4 Å². The summed E-state index contributed by atoms with van der Waals surface area (Å²) in [4.78, 5) is 9.45. The summed E-state index contributed by atoms with van der Waals surface area (Å²) in [6.07, 6.45) is 9.05. The molecule has 1 aliphatic rings. The molecular weight excluding hydrogens is 320 g/mol. The Kier molecular flexibility index (Phi) is 4.49. The van der Waals surface area contributed by atoms with E-state index in [1.54, 1.807) is 0 Å². The van der Waals surface area contributed by atoms with Gasteiger partial charge in [0, 0.05) is 66.3 Å². The van der Waals surface area contributed by atoms with E-state index in [-0.39, 0.29) is 0 Å². The molecule has 0 fully saturated rings. The minimum absolute atomic E-state index is 0.422. The number of hydrogen-bond donors (Lipinski definition) is 0. The molecule has 0 aliphatic heterocycles. The summed E-state index contributed by atoms with van der Waals surface area (Å²) < 4.78 is 4.61. The van der Waals surface area contributed by atoms with Gasteiger partial charge in [-0.3, -0.25) is 4.99 Å². The molecule has 0 bridgehead atoms. The second-order valence-electron chi connectivity index (χ2n) is 7.10. The van der Waals surface area contributed by atoms with Crippen LogP contribution < -0.4 is 0 Å². The highest BCUT2D eigenvalue weighted by molar-refractivity contribution is 6.14.